The van der Waals surface area contributed by atoms with Crippen LogP contribution in [0.2, 0.25) is 0 Å². The molecule has 3 aromatic heterocycles. The van der Waals surface area contributed by atoms with Crippen LogP contribution in [0.3, 0.4) is 0 Å². The van der Waals surface area contributed by atoms with Gasteiger partial charge in [-0.25, -0.2) is 18.4 Å². The number of hydrogen-bond acceptors (Lipinski definition) is 9. The van der Waals surface area contributed by atoms with E-state index in [-0.39, 0.29) is 46.9 Å². The SMILES string of the molecule is Cc1cc(Nc2ncnc3sc4c(c23)CC[C@H](C(=O)N(C)C)C4)c(=O)n2c1C(=O)CC21CS(=O)(=O)C1. The number of aryl methyl sites for hydroxylation is 2. The van der Waals surface area contributed by atoms with Gasteiger partial charge in [0.15, 0.2) is 15.6 Å². The van der Waals surface area contributed by atoms with Gasteiger partial charge in [-0.1, -0.05) is 0 Å². The monoisotopic (exact) mass is 527 g/mol. The van der Waals surface area contributed by atoms with Crippen molar-refractivity contribution in [2.24, 2.45) is 5.92 Å². The third kappa shape index (κ3) is 3.34. The van der Waals surface area contributed by atoms with E-state index in [4.69, 9.17) is 0 Å². The molecule has 0 bridgehead atoms. The lowest BCUT2D eigenvalue weighted by atomic mass is 9.87. The van der Waals surface area contributed by atoms with Gasteiger partial charge in [-0.3, -0.25) is 19.0 Å². The number of anilines is 2. The van der Waals surface area contributed by atoms with Crippen molar-refractivity contribution >= 4 is 54.6 Å². The Kier molecular flexibility index (Phi) is 4.97. The van der Waals surface area contributed by atoms with Crippen LogP contribution in [0.15, 0.2) is 17.2 Å². The molecule has 12 heteroatoms. The molecule has 1 saturated heterocycles. The van der Waals surface area contributed by atoms with Gasteiger partial charge in [-0.05, 0) is 43.4 Å². The largest absolute Gasteiger partial charge is 0.349 e. The van der Waals surface area contributed by atoms with Crippen LogP contribution in [-0.2, 0) is 33.0 Å². The molecule has 0 radical (unpaired) electrons. The Labute approximate surface area is 211 Å². The van der Waals surface area contributed by atoms with Gasteiger partial charge in [0, 0.05) is 31.3 Å². The van der Waals surface area contributed by atoms with Gasteiger partial charge in [0.1, 0.15) is 22.7 Å². The van der Waals surface area contributed by atoms with Crippen molar-refractivity contribution in [3.8, 4) is 0 Å². The second kappa shape index (κ2) is 7.69. The fraction of sp³-hybridized carbons (Fsp3) is 0.458. The maximum atomic E-state index is 13.6. The standard InChI is InChI=1S/C24H25N5O5S2/c1-12-6-15(23(32)29-19(12)16(30)8-24(29)9-36(33,34)10-24)27-20-18-14-5-4-13(22(31)28(2)3)7-17(14)35-21(18)26-11-25-20/h6,11,13H,4-5,7-10H2,1-3H3,(H,25,26,27)/t13-/m0/s1. The van der Waals surface area contributed by atoms with Gasteiger partial charge in [0.2, 0.25) is 5.91 Å². The molecule has 188 valence electrons. The van der Waals surface area contributed by atoms with Gasteiger partial charge in [-0.2, -0.15) is 0 Å². The van der Waals surface area contributed by atoms with Crippen LogP contribution in [0.5, 0.6) is 0 Å². The minimum atomic E-state index is -3.27. The van der Waals surface area contributed by atoms with E-state index in [1.54, 1.807) is 43.3 Å². The number of aromatic nitrogens is 3. The van der Waals surface area contributed by atoms with E-state index < -0.39 is 20.9 Å². The lowest BCUT2D eigenvalue weighted by Gasteiger charge is -2.38. The zero-order chi connectivity index (χ0) is 25.6. The summed E-state index contributed by atoms with van der Waals surface area (Å²) in [4.78, 5) is 51.2. The number of nitrogens with zero attached hydrogens (tertiary/aromatic N) is 4. The van der Waals surface area contributed by atoms with E-state index in [9.17, 15) is 22.8 Å². The summed E-state index contributed by atoms with van der Waals surface area (Å²) in [6.45, 7) is 1.75. The van der Waals surface area contributed by atoms with Gasteiger partial charge in [-0.15, -0.1) is 11.3 Å². The predicted molar refractivity (Wildman–Crippen MR) is 136 cm³/mol. The predicted octanol–water partition coefficient (Wildman–Crippen LogP) is 1.81. The van der Waals surface area contributed by atoms with E-state index in [2.05, 4.69) is 15.3 Å². The first kappa shape index (κ1) is 23.3. The van der Waals surface area contributed by atoms with Gasteiger partial charge in [0.25, 0.3) is 5.56 Å². The normalized spacial score (nSPS) is 21.2. The highest BCUT2D eigenvalue weighted by Crippen LogP contribution is 2.43. The topological polar surface area (TPSA) is 131 Å². The number of Topliss-reactive ketones (excluding diaryl/α,β-unsaturated/α-hetero) is 1. The number of carbonyl (C=O) groups excluding carboxylic acids is 2. The summed E-state index contributed by atoms with van der Waals surface area (Å²) in [5.41, 5.74) is 0.815. The molecule has 6 rings (SSSR count). The Morgan fingerprint density at radius 3 is 2.69 bits per heavy atom. The minimum Gasteiger partial charge on any atom is -0.349 e. The van der Waals surface area contributed by atoms with E-state index >= 15 is 0 Å². The van der Waals surface area contributed by atoms with Crippen LogP contribution in [0, 0.1) is 12.8 Å². The zero-order valence-electron chi connectivity index (χ0n) is 20.1. The van der Waals surface area contributed by atoms with Gasteiger partial charge >= 0.3 is 0 Å². The summed E-state index contributed by atoms with van der Waals surface area (Å²) in [5.74, 6) is -0.0724. The molecule has 0 aromatic carbocycles. The number of amides is 1. The third-order valence-electron chi connectivity index (χ3n) is 7.49. The Bertz CT molecular complexity index is 1640. The highest BCUT2D eigenvalue weighted by Gasteiger charge is 2.56. The Hall–Kier alpha value is -3.12. The molecule has 36 heavy (non-hydrogen) atoms. The highest BCUT2D eigenvalue weighted by atomic mass is 32.2. The number of ketones is 1. The molecule has 1 fully saturated rings. The van der Waals surface area contributed by atoms with Crippen molar-refractivity contribution in [3.63, 3.8) is 0 Å². The van der Waals surface area contributed by atoms with Gasteiger partial charge < -0.3 is 10.2 Å². The average Bonchev–Trinajstić information content (AvgIpc) is 3.31. The number of rotatable bonds is 3. The quantitative estimate of drug-likeness (QED) is 0.546. The fourth-order valence-corrected chi connectivity index (χ4v) is 9.29. The van der Waals surface area contributed by atoms with E-state index in [1.807, 2.05) is 0 Å². The molecule has 3 aliphatic rings. The maximum Gasteiger partial charge on any atom is 0.275 e. The summed E-state index contributed by atoms with van der Waals surface area (Å²) in [6.07, 6.45) is 3.54. The van der Waals surface area contributed by atoms with Crippen molar-refractivity contribution < 1.29 is 18.0 Å². The first-order chi connectivity index (χ1) is 17.0. The molecule has 3 aromatic rings. The van der Waals surface area contributed by atoms with Crippen LogP contribution in [-0.4, -0.2) is 65.1 Å². The smallest absolute Gasteiger partial charge is 0.275 e. The zero-order valence-corrected chi connectivity index (χ0v) is 21.8. The second-order valence-corrected chi connectivity index (χ2v) is 13.4. The van der Waals surface area contributed by atoms with Crippen LogP contribution >= 0.6 is 11.3 Å². The number of sulfone groups is 1. The number of nitrogens with one attached hydrogen (secondary N) is 1. The minimum absolute atomic E-state index is 0.0222. The summed E-state index contributed by atoms with van der Waals surface area (Å²) in [7, 11) is 0.269. The Morgan fingerprint density at radius 1 is 1.25 bits per heavy atom. The van der Waals surface area contributed by atoms with Crippen molar-refractivity contribution in [3.05, 3.63) is 44.4 Å². The number of fused-ring (bicyclic) bond motifs is 5. The molecule has 1 N–H and O–H groups in total. The van der Waals surface area contributed by atoms with E-state index in [0.29, 0.717) is 24.2 Å². The summed E-state index contributed by atoms with van der Waals surface area (Å²) < 4.78 is 25.4. The molecule has 1 spiro atoms. The molecule has 2 aliphatic heterocycles. The van der Waals surface area contributed by atoms with E-state index in [1.165, 1.54) is 10.9 Å². The number of thiophene rings is 1. The Balaban J connectivity index is 1.42. The van der Waals surface area contributed by atoms with Crippen LogP contribution in [0.4, 0.5) is 11.5 Å². The molecule has 5 heterocycles. The number of pyridine rings is 1. The molecule has 0 unspecified atom stereocenters. The maximum absolute atomic E-state index is 13.6. The lowest BCUT2D eigenvalue weighted by Crippen LogP contribution is -2.57. The van der Waals surface area contributed by atoms with Crippen molar-refractivity contribution in [2.75, 3.05) is 30.9 Å². The fourth-order valence-electron chi connectivity index (χ4n) is 6.01. The Morgan fingerprint density at radius 2 is 2.00 bits per heavy atom. The highest BCUT2D eigenvalue weighted by molar-refractivity contribution is 7.92. The molecular formula is C24H25N5O5S2. The van der Waals surface area contributed by atoms with Crippen molar-refractivity contribution in [1.29, 1.82) is 0 Å². The van der Waals surface area contributed by atoms with E-state index in [0.717, 1.165) is 27.1 Å². The number of carbonyl (C=O) groups is 2. The van der Waals surface area contributed by atoms with Gasteiger partial charge in [0.05, 0.1) is 28.1 Å². The summed E-state index contributed by atoms with van der Waals surface area (Å²) in [6, 6.07) is 1.64. The molecule has 10 nitrogen and oxygen atoms in total. The molecule has 1 aliphatic carbocycles. The molecule has 0 saturated carbocycles. The first-order valence-corrected chi connectivity index (χ1v) is 14.4. The van der Waals surface area contributed by atoms with Crippen LogP contribution in [0.1, 0.15) is 39.3 Å². The van der Waals surface area contributed by atoms with Crippen molar-refractivity contribution in [2.45, 2.75) is 38.1 Å². The third-order valence-corrected chi connectivity index (χ3v) is 10.6. The van der Waals surface area contributed by atoms with Crippen molar-refractivity contribution in [1.82, 2.24) is 19.4 Å². The lowest BCUT2D eigenvalue weighted by molar-refractivity contribution is -0.133. The molecular weight excluding hydrogens is 502 g/mol. The summed E-state index contributed by atoms with van der Waals surface area (Å²) in [5, 5.41) is 4.02. The second-order valence-electron chi connectivity index (χ2n) is 10.3. The van der Waals surface area contributed by atoms with Crippen LogP contribution in [0.25, 0.3) is 10.2 Å². The average molecular weight is 528 g/mol. The number of hydrogen-bond donors (Lipinski definition) is 1. The first-order valence-electron chi connectivity index (χ1n) is 11.7. The molecule has 1 amide bonds. The molecule has 1 atom stereocenters. The summed E-state index contributed by atoms with van der Waals surface area (Å²) >= 11 is 1.54. The van der Waals surface area contributed by atoms with Crippen LogP contribution < -0.4 is 10.9 Å².